The molecule has 0 saturated heterocycles. The first-order chi connectivity index (χ1) is 13.6. The molecule has 0 aliphatic rings. The first kappa shape index (κ1) is 19.5. The van der Waals surface area contributed by atoms with Crippen molar-refractivity contribution in [1.29, 1.82) is 0 Å². The molecule has 5 nitrogen and oxygen atoms in total. The van der Waals surface area contributed by atoms with Crippen molar-refractivity contribution in [2.24, 2.45) is 0 Å². The van der Waals surface area contributed by atoms with Crippen molar-refractivity contribution in [1.82, 2.24) is 15.3 Å². The summed E-state index contributed by atoms with van der Waals surface area (Å²) < 4.78 is 13.7. The molecule has 28 heavy (non-hydrogen) atoms. The van der Waals surface area contributed by atoms with Gasteiger partial charge in [0.1, 0.15) is 23.2 Å². The number of aryl methyl sites for hydroxylation is 2. The summed E-state index contributed by atoms with van der Waals surface area (Å²) in [5.74, 6) is 0.447. The Bertz CT molecular complexity index is 931. The Morgan fingerprint density at radius 2 is 1.79 bits per heavy atom. The van der Waals surface area contributed by atoms with E-state index in [0.717, 1.165) is 12.8 Å². The standard InChI is InChI=1S/C22H23FN4O/c1-16-26-20(22(28)24-13-7-10-17-8-3-2-4-9-17)14-21(27-16)25-15-18-11-5-6-12-19(18)23/h2-6,8-9,11-12,14H,7,10,13,15H2,1H3,(H,24,28)(H,25,26,27). The summed E-state index contributed by atoms with van der Waals surface area (Å²) in [6.07, 6.45) is 1.75. The molecule has 0 fully saturated rings. The number of hydrogen-bond acceptors (Lipinski definition) is 4. The monoisotopic (exact) mass is 378 g/mol. The van der Waals surface area contributed by atoms with E-state index in [2.05, 4.69) is 32.7 Å². The van der Waals surface area contributed by atoms with Crippen LogP contribution in [-0.4, -0.2) is 22.4 Å². The van der Waals surface area contributed by atoms with Gasteiger partial charge in [0.05, 0.1) is 0 Å². The van der Waals surface area contributed by atoms with Gasteiger partial charge in [0.25, 0.3) is 5.91 Å². The van der Waals surface area contributed by atoms with E-state index >= 15 is 0 Å². The lowest BCUT2D eigenvalue weighted by molar-refractivity contribution is 0.0948. The molecule has 0 saturated carbocycles. The van der Waals surface area contributed by atoms with Crippen LogP contribution in [0.3, 0.4) is 0 Å². The van der Waals surface area contributed by atoms with E-state index in [4.69, 9.17) is 0 Å². The highest BCUT2D eigenvalue weighted by molar-refractivity contribution is 5.92. The molecule has 0 atom stereocenters. The van der Waals surface area contributed by atoms with Gasteiger partial charge in [-0.1, -0.05) is 48.5 Å². The van der Waals surface area contributed by atoms with Crippen LogP contribution in [0.4, 0.5) is 10.2 Å². The van der Waals surface area contributed by atoms with Crippen molar-refractivity contribution in [2.75, 3.05) is 11.9 Å². The van der Waals surface area contributed by atoms with Gasteiger partial charge >= 0.3 is 0 Å². The number of hydrogen-bond donors (Lipinski definition) is 2. The van der Waals surface area contributed by atoms with Crippen molar-refractivity contribution in [3.05, 3.63) is 89.1 Å². The van der Waals surface area contributed by atoms with Crippen LogP contribution in [0.5, 0.6) is 0 Å². The number of carbonyl (C=O) groups excluding carboxylic acids is 1. The van der Waals surface area contributed by atoms with Crippen LogP contribution in [0.15, 0.2) is 60.7 Å². The Kier molecular flexibility index (Phi) is 6.68. The molecule has 1 heterocycles. The molecule has 2 aromatic carbocycles. The number of anilines is 1. The van der Waals surface area contributed by atoms with Gasteiger partial charge in [-0.2, -0.15) is 0 Å². The Balaban J connectivity index is 1.54. The van der Waals surface area contributed by atoms with Gasteiger partial charge in [0, 0.05) is 24.7 Å². The maximum Gasteiger partial charge on any atom is 0.270 e. The third kappa shape index (κ3) is 5.61. The minimum Gasteiger partial charge on any atom is -0.366 e. The molecular weight excluding hydrogens is 355 g/mol. The summed E-state index contributed by atoms with van der Waals surface area (Å²) >= 11 is 0. The lowest BCUT2D eigenvalue weighted by Crippen LogP contribution is -2.26. The van der Waals surface area contributed by atoms with Gasteiger partial charge in [-0.25, -0.2) is 14.4 Å². The van der Waals surface area contributed by atoms with Crippen molar-refractivity contribution in [3.63, 3.8) is 0 Å². The van der Waals surface area contributed by atoms with Crippen LogP contribution < -0.4 is 10.6 Å². The van der Waals surface area contributed by atoms with Crippen molar-refractivity contribution >= 4 is 11.7 Å². The molecule has 1 aromatic heterocycles. The van der Waals surface area contributed by atoms with Gasteiger partial charge in [-0.3, -0.25) is 4.79 Å². The first-order valence-electron chi connectivity index (χ1n) is 9.27. The number of carbonyl (C=O) groups is 1. The van der Waals surface area contributed by atoms with Crippen molar-refractivity contribution in [3.8, 4) is 0 Å². The highest BCUT2D eigenvalue weighted by Crippen LogP contribution is 2.11. The fourth-order valence-corrected chi connectivity index (χ4v) is 2.83. The Morgan fingerprint density at radius 1 is 1.04 bits per heavy atom. The molecule has 0 aliphatic heterocycles. The normalized spacial score (nSPS) is 10.5. The molecule has 0 aliphatic carbocycles. The third-order valence-corrected chi connectivity index (χ3v) is 4.26. The quantitative estimate of drug-likeness (QED) is 0.584. The molecule has 3 aromatic rings. The fraction of sp³-hybridized carbons (Fsp3) is 0.227. The minimum absolute atomic E-state index is 0.243. The molecule has 1 amide bonds. The van der Waals surface area contributed by atoms with Gasteiger partial charge in [-0.15, -0.1) is 0 Å². The number of amides is 1. The summed E-state index contributed by atoms with van der Waals surface area (Å²) in [5.41, 5.74) is 2.07. The lowest BCUT2D eigenvalue weighted by Gasteiger charge is -2.10. The van der Waals surface area contributed by atoms with Gasteiger partial charge in [0.15, 0.2) is 0 Å². The zero-order valence-corrected chi connectivity index (χ0v) is 15.8. The van der Waals surface area contributed by atoms with Gasteiger partial charge in [-0.05, 0) is 31.4 Å². The smallest absolute Gasteiger partial charge is 0.270 e. The second kappa shape index (κ2) is 9.60. The van der Waals surface area contributed by atoms with E-state index in [9.17, 15) is 9.18 Å². The summed E-state index contributed by atoms with van der Waals surface area (Å²) in [6, 6.07) is 18.3. The number of nitrogens with zero attached hydrogens (tertiary/aromatic N) is 2. The highest BCUT2D eigenvalue weighted by Gasteiger charge is 2.10. The highest BCUT2D eigenvalue weighted by atomic mass is 19.1. The van der Waals surface area contributed by atoms with Crippen molar-refractivity contribution < 1.29 is 9.18 Å². The molecule has 0 radical (unpaired) electrons. The molecular formula is C22H23FN4O. The maximum absolute atomic E-state index is 13.7. The molecule has 3 rings (SSSR count). The van der Waals surface area contributed by atoms with E-state index < -0.39 is 0 Å². The van der Waals surface area contributed by atoms with E-state index in [1.807, 2.05) is 18.2 Å². The predicted molar refractivity (Wildman–Crippen MR) is 108 cm³/mol. The van der Waals surface area contributed by atoms with Crippen LogP contribution >= 0.6 is 0 Å². The van der Waals surface area contributed by atoms with Gasteiger partial charge in [0.2, 0.25) is 0 Å². The summed E-state index contributed by atoms with van der Waals surface area (Å²) in [6.45, 7) is 2.57. The lowest BCUT2D eigenvalue weighted by atomic mass is 10.1. The van der Waals surface area contributed by atoms with Gasteiger partial charge < -0.3 is 10.6 Å². The van der Waals surface area contributed by atoms with Crippen LogP contribution in [0, 0.1) is 12.7 Å². The van der Waals surface area contributed by atoms with Crippen LogP contribution in [0.25, 0.3) is 0 Å². The molecule has 2 N–H and O–H groups in total. The average Bonchev–Trinajstić information content (AvgIpc) is 2.71. The van der Waals surface area contributed by atoms with Crippen LogP contribution in [0.1, 0.15) is 33.9 Å². The summed E-state index contributed by atoms with van der Waals surface area (Å²) in [5, 5.41) is 5.95. The third-order valence-electron chi connectivity index (χ3n) is 4.26. The van der Waals surface area contributed by atoms with E-state index in [1.54, 1.807) is 31.2 Å². The number of nitrogens with one attached hydrogen (secondary N) is 2. The SMILES string of the molecule is Cc1nc(NCc2ccccc2F)cc(C(=O)NCCCc2ccccc2)n1. The molecule has 6 heteroatoms. The summed E-state index contributed by atoms with van der Waals surface area (Å²) in [7, 11) is 0. The van der Waals surface area contributed by atoms with Crippen LogP contribution in [-0.2, 0) is 13.0 Å². The molecule has 144 valence electrons. The summed E-state index contributed by atoms with van der Waals surface area (Å²) in [4.78, 5) is 20.9. The first-order valence-corrected chi connectivity index (χ1v) is 9.27. The van der Waals surface area contributed by atoms with E-state index in [1.165, 1.54) is 11.6 Å². The average molecular weight is 378 g/mol. The fourth-order valence-electron chi connectivity index (χ4n) is 2.83. The second-order valence-corrected chi connectivity index (χ2v) is 6.48. The number of aromatic nitrogens is 2. The van der Waals surface area contributed by atoms with Crippen LogP contribution in [0.2, 0.25) is 0 Å². The van der Waals surface area contributed by atoms with Crippen molar-refractivity contribution in [2.45, 2.75) is 26.3 Å². The predicted octanol–water partition coefficient (Wildman–Crippen LogP) is 3.90. The Labute approximate surface area is 164 Å². The molecule has 0 spiro atoms. The number of rotatable bonds is 8. The second-order valence-electron chi connectivity index (χ2n) is 6.48. The van der Waals surface area contributed by atoms with E-state index in [0.29, 0.717) is 29.4 Å². The Morgan fingerprint density at radius 3 is 2.57 bits per heavy atom. The largest absolute Gasteiger partial charge is 0.366 e. The minimum atomic E-state index is -0.280. The number of benzene rings is 2. The Hall–Kier alpha value is -3.28. The zero-order chi connectivity index (χ0) is 19.8. The molecule has 0 unspecified atom stereocenters. The maximum atomic E-state index is 13.7. The number of halogens is 1. The topological polar surface area (TPSA) is 66.9 Å². The van der Waals surface area contributed by atoms with E-state index in [-0.39, 0.29) is 18.3 Å². The molecule has 0 bridgehead atoms. The zero-order valence-electron chi connectivity index (χ0n) is 15.8.